The summed E-state index contributed by atoms with van der Waals surface area (Å²) in [5.74, 6) is 0. The fourth-order valence-corrected chi connectivity index (χ4v) is 9.31. The van der Waals surface area contributed by atoms with Gasteiger partial charge in [-0.2, -0.15) is 0 Å². The van der Waals surface area contributed by atoms with Crippen molar-refractivity contribution in [3.05, 3.63) is 120 Å². The van der Waals surface area contributed by atoms with Crippen molar-refractivity contribution in [3.8, 4) is 0 Å². The molecule has 176 valence electrons. The molecule has 0 atom stereocenters. The summed E-state index contributed by atoms with van der Waals surface area (Å²) in [6.07, 6.45) is 0. The lowest BCUT2D eigenvalue weighted by Crippen LogP contribution is -2.19. The first-order valence-corrected chi connectivity index (χ1v) is 14.3. The Labute approximate surface area is 205 Å². The number of aryl methyl sites for hydroxylation is 1. The summed E-state index contributed by atoms with van der Waals surface area (Å²) in [5.41, 5.74) is 2.18. The summed E-state index contributed by atoms with van der Waals surface area (Å²) in [7, 11) is -6.43. The molecule has 0 saturated carbocycles. The molecule has 4 aromatic carbocycles. The van der Waals surface area contributed by atoms with Crippen LogP contribution in [0.3, 0.4) is 0 Å². The number of hydrogen-bond acceptors (Lipinski definition) is 2. The topological polar surface area (TPSA) is 46.9 Å². The average molecular weight is 492 g/mol. The summed E-state index contributed by atoms with van der Waals surface area (Å²) in [5, 5.41) is 0. The van der Waals surface area contributed by atoms with Crippen LogP contribution in [0, 0.1) is 6.92 Å². The molecular formula is C29H31O3S2+. The van der Waals surface area contributed by atoms with Crippen LogP contribution in [0.25, 0.3) is 0 Å². The van der Waals surface area contributed by atoms with Gasteiger partial charge in [-0.1, -0.05) is 87.0 Å². The van der Waals surface area contributed by atoms with E-state index in [0.29, 0.717) is 0 Å². The standard InChI is InChI=1S/C29H30O3S2/c1-23-15-19-28(20-16-23)34(30,31)32-33(25-11-7-5-8-12-25,26-13-9-6-10-14-26)27-21-17-24(18-22-27)29(2,3)4/h5-22H,1-4H3/p+1. The van der Waals surface area contributed by atoms with Gasteiger partial charge in [-0.25, -0.2) is 0 Å². The van der Waals surface area contributed by atoms with Crippen molar-refractivity contribution in [3.63, 3.8) is 0 Å². The van der Waals surface area contributed by atoms with Crippen LogP contribution < -0.4 is 0 Å². The predicted molar refractivity (Wildman–Crippen MR) is 141 cm³/mol. The largest absolute Gasteiger partial charge is 0.422 e. The number of hydrogen-bond donors (Lipinski definition) is 0. The van der Waals surface area contributed by atoms with Crippen molar-refractivity contribution in [1.82, 2.24) is 0 Å². The maximum absolute atomic E-state index is 13.8. The molecule has 4 rings (SSSR count). The molecule has 0 aliphatic heterocycles. The highest BCUT2D eigenvalue weighted by Crippen LogP contribution is 2.68. The molecule has 0 heterocycles. The first-order chi connectivity index (χ1) is 16.1. The molecule has 34 heavy (non-hydrogen) atoms. The van der Waals surface area contributed by atoms with E-state index in [9.17, 15) is 8.42 Å². The van der Waals surface area contributed by atoms with Crippen molar-refractivity contribution in [1.29, 1.82) is 0 Å². The van der Waals surface area contributed by atoms with Crippen LogP contribution in [-0.2, 0) is 15.5 Å². The molecule has 3 nitrogen and oxygen atoms in total. The Morgan fingerprint density at radius 1 is 0.559 bits per heavy atom. The molecule has 0 radical (unpaired) electrons. The summed E-state index contributed by atoms with van der Waals surface area (Å²) in [6, 6.07) is 34.7. The SMILES string of the molecule is Cc1ccc(S(=O)(=O)[OH+]S(c2ccccc2)(c2ccccc2)c2ccc(C(C)(C)C)cc2)cc1. The molecular weight excluding hydrogens is 460 g/mol. The zero-order chi connectivity index (χ0) is 24.4. The van der Waals surface area contributed by atoms with Crippen LogP contribution in [0.1, 0.15) is 31.9 Å². The molecule has 0 aromatic heterocycles. The number of rotatable bonds is 6. The van der Waals surface area contributed by atoms with E-state index >= 15 is 0 Å². The third-order valence-corrected chi connectivity index (χ3v) is 11.2. The van der Waals surface area contributed by atoms with E-state index in [1.165, 1.54) is 5.56 Å². The first-order valence-electron chi connectivity index (χ1n) is 11.2. The second-order valence-electron chi connectivity index (χ2n) is 9.34. The van der Waals surface area contributed by atoms with Crippen LogP contribution in [-0.4, -0.2) is 12.0 Å². The van der Waals surface area contributed by atoms with E-state index in [1.807, 2.05) is 91.9 Å². The van der Waals surface area contributed by atoms with Gasteiger partial charge < -0.3 is 0 Å². The molecule has 1 N–H and O–H groups in total. The van der Waals surface area contributed by atoms with E-state index in [0.717, 1.165) is 20.2 Å². The minimum atomic E-state index is -3.96. The smallest absolute Gasteiger partial charge is 0.258 e. The quantitative estimate of drug-likeness (QED) is 0.203. The van der Waals surface area contributed by atoms with Gasteiger partial charge in [0.1, 0.15) is 4.90 Å². The molecule has 0 spiro atoms. The highest BCUT2D eigenvalue weighted by atomic mass is 32.3. The van der Waals surface area contributed by atoms with Crippen molar-refractivity contribution < 1.29 is 12.0 Å². The molecule has 0 unspecified atom stereocenters. The van der Waals surface area contributed by atoms with E-state index in [1.54, 1.807) is 12.1 Å². The maximum atomic E-state index is 13.8. The van der Waals surface area contributed by atoms with Gasteiger partial charge in [0.2, 0.25) is 0 Å². The Balaban J connectivity index is 1.99. The molecule has 0 saturated heterocycles. The Morgan fingerprint density at radius 2 is 0.971 bits per heavy atom. The van der Waals surface area contributed by atoms with Crippen molar-refractivity contribution >= 4 is 20.4 Å². The maximum Gasteiger partial charge on any atom is 0.422 e. The zero-order valence-electron chi connectivity index (χ0n) is 20.0. The molecule has 0 bridgehead atoms. The minimum Gasteiger partial charge on any atom is -0.258 e. The van der Waals surface area contributed by atoms with Crippen LogP contribution in [0.4, 0.5) is 0 Å². The van der Waals surface area contributed by atoms with Gasteiger partial charge in [-0.3, -0.25) is 3.63 Å². The first kappa shape index (κ1) is 24.3. The molecule has 0 aliphatic carbocycles. The van der Waals surface area contributed by atoms with Gasteiger partial charge in [0.25, 0.3) is 0 Å². The summed E-state index contributed by atoms with van der Waals surface area (Å²) in [4.78, 5) is 2.84. The van der Waals surface area contributed by atoms with Gasteiger partial charge in [-0.05, 0) is 66.4 Å². The van der Waals surface area contributed by atoms with Crippen LogP contribution in [0.15, 0.2) is 129 Å². The van der Waals surface area contributed by atoms with E-state index < -0.39 is 20.4 Å². The van der Waals surface area contributed by atoms with Gasteiger partial charge >= 0.3 is 10.1 Å². The van der Waals surface area contributed by atoms with E-state index in [4.69, 9.17) is 3.63 Å². The summed E-state index contributed by atoms with van der Waals surface area (Å²) in [6.45, 7) is 8.45. The van der Waals surface area contributed by atoms with Crippen LogP contribution in [0.5, 0.6) is 0 Å². The van der Waals surface area contributed by atoms with Crippen molar-refractivity contribution in [2.75, 3.05) is 0 Å². The molecule has 5 heteroatoms. The Morgan fingerprint density at radius 3 is 1.41 bits per heavy atom. The second kappa shape index (κ2) is 9.41. The Hall–Kier alpha value is -2.86. The molecule has 0 aliphatic rings. The highest BCUT2D eigenvalue weighted by molar-refractivity contribution is 8.32. The van der Waals surface area contributed by atoms with Gasteiger partial charge in [0.05, 0.1) is 25.0 Å². The van der Waals surface area contributed by atoms with E-state index in [-0.39, 0.29) is 10.3 Å². The Bertz CT molecular complexity index is 1300. The normalized spacial score (nSPS) is 12.9. The van der Waals surface area contributed by atoms with Gasteiger partial charge in [-0.15, -0.1) is 8.42 Å². The molecule has 0 fully saturated rings. The van der Waals surface area contributed by atoms with Crippen molar-refractivity contribution in [2.24, 2.45) is 0 Å². The summed E-state index contributed by atoms with van der Waals surface area (Å²) < 4.78 is 32.3. The molecule has 0 amide bonds. The highest BCUT2D eigenvalue weighted by Gasteiger charge is 2.43. The number of benzene rings is 4. The Kier molecular flexibility index (Phi) is 6.72. The fraction of sp³-hybridized carbons (Fsp3) is 0.172. The second-order valence-corrected chi connectivity index (χ2v) is 13.9. The average Bonchev–Trinajstić information content (AvgIpc) is 2.83. The van der Waals surface area contributed by atoms with Crippen molar-refractivity contribution in [2.45, 2.75) is 52.7 Å². The third-order valence-electron chi connectivity index (χ3n) is 5.76. The van der Waals surface area contributed by atoms with Crippen LogP contribution in [0.2, 0.25) is 0 Å². The van der Waals surface area contributed by atoms with Gasteiger partial charge in [0.15, 0.2) is 0 Å². The lowest BCUT2D eigenvalue weighted by molar-refractivity contribution is 0.387. The summed E-state index contributed by atoms with van der Waals surface area (Å²) >= 11 is 0. The monoisotopic (exact) mass is 491 g/mol. The molecule has 4 aromatic rings. The van der Waals surface area contributed by atoms with Gasteiger partial charge in [0, 0.05) is 0 Å². The predicted octanol–water partition coefficient (Wildman–Crippen LogP) is 7.97. The lowest BCUT2D eigenvalue weighted by atomic mass is 9.87. The third kappa shape index (κ3) is 4.83. The zero-order valence-corrected chi connectivity index (χ0v) is 21.6. The minimum absolute atomic E-state index is 0.0128. The van der Waals surface area contributed by atoms with Crippen LogP contribution >= 0.6 is 10.3 Å². The lowest BCUT2D eigenvalue weighted by Gasteiger charge is -2.35. The fourth-order valence-electron chi connectivity index (χ4n) is 3.82. The van der Waals surface area contributed by atoms with E-state index in [2.05, 4.69) is 32.9 Å².